The van der Waals surface area contributed by atoms with Crippen LogP contribution in [0.2, 0.25) is 5.15 Å². The minimum atomic E-state index is -4.38. The first-order valence-corrected chi connectivity index (χ1v) is 9.62. The van der Waals surface area contributed by atoms with Crippen molar-refractivity contribution in [2.75, 3.05) is 30.1 Å². The summed E-state index contributed by atoms with van der Waals surface area (Å²) >= 11 is 6.61. The van der Waals surface area contributed by atoms with Crippen LogP contribution in [0.1, 0.15) is 6.92 Å². The number of hydrogen-bond donors (Lipinski definition) is 0. The van der Waals surface area contributed by atoms with Gasteiger partial charge in [-0.05, 0) is 6.92 Å². The number of anilines is 1. The van der Waals surface area contributed by atoms with Gasteiger partial charge in [0.25, 0.3) is 5.91 Å². The fourth-order valence-corrected chi connectivity index (χ4v) is 3.20. The van der Waals surface area contributed by atoms with Crippen LogP contribution in [-0.2, 0) is 9.63 Å². The maximum Gasteiger partial charge on any atom is 0.397 e. The Kier molecular flexibility index (Phi) is 7.85. The van der Waals surface area contributed by atoms with Crippen LogP contribution in [0.15, 0.2) is 29.8 Å². The van der Waals surface area contributed by atoms with E-state index in [1.807, 2.05) is 0 Å². The molecule has 0 spiro atoms. The maximum atomic E-state index is 13.4. The first-order valence-electron chi connectivity index (χ1n) is 8.08. The lowest BCUT2D eigenvalue weighted by molar-refractivity contribution is -0.112. The standard InChI is InChI=1S/C16H16ClF4N5O2S/c1-3-25(15(27)12(24-28-2)8-29-9-16(19,20)21)13-7-26(23-14(13)17)11-4-10(18)5-22-6-11/h4-7H,3,8-9H2,1-2H3. The number of pyridine rings is 1. The highest BCUT2D eigenvalue weighted by molar-refractivity contribution is 8.00. The van der Waals surface area contributed by atoms with Gasteiger partial charge in [0.05, 0.1) is 30.0 Å². The van der Waals surface area contributed by atoms with Crippen molar-refractivity contribution in [3.8, 4) is 5.69 Å². The normalized spacial score (nSPS) is 12.2. The maximum absolute atomic E-state index is 13.4. The van der Waals surface area contributed by atoms with Gasteiger partial charge in [-0.2, -0.15) is 18.3 Å². The molecule has 0 aliphatic heterocycles. The van der Waals surface area contributed by atoms with Crippen molar-refractivity contribution in [2.45, 2.75) is 13.1 Å². The second-order valence-electron chi connectivity index (χ2n) is 5.49. The van der Waals surface area contributed by atoms with Crippen LogP contribution in [0, 0.1) is 5.82 Å². The summed E-state index contributed by atoms with van der Waals surface area (Å²) < 4.78 is 51.8. The Labute approximate surface area is 172 Å². The predicted molar refractivity (Wildman–Crippen MR) is 102 cm³/mol. The molecule has 13 heteroatoms. The van der Waals surface area contributed by atoms with Gasteiger partial charge in [-0.25, -0.2) is 9.07 Å². The number of amides is 1. The van der Waals surface area contributed by atoms with Crippen molar-refractivity contribution in [1.29, 1.82) is 0 Å². The summed E-state index contributed by atoms with van der Waals surface area (Å²) in [5.74, 6) is -2.74. The lowest BCUT2D eigenvalue weighted by atomic mass is 10.3. The van der Waals surface area contributed by atoms with Crippen molar-refractivity contribution < 1.29 is 27.2 Å². The minimum Gasteiger partial charge on any atom is -0.399 e. The fourth-order valence-electron chi connectivity index (χ4n) is 2.26. The van der Waals surface area contributed by atoms with E-state index in [1.54, 1.807) is 6.92 Å². The van der Waals surface area contributed by atoms with E-state index in [9.17, 15) is 22.4 Å². The molecular formula is C16H16ClF4N5O2S. The smallest absolute Gasteiger partial charge is 0.397 e. The number of hydrogen-bond acceptors (Lipinski definition) is 6. The number of alkyl halides is 3. The van der Waals surface area contributed by atoms with E-state index in [-0.39, 0.29) is 34.5 Å². The Morgan fingerprint density at radius 2 is 2.14 bits per heavy atom. The SMILES string of the molecule is CCN(C(=O)C(CSCC(F)(F)F)=NOC)c1cn(-c2cncc(F)c2)nc1Cl. The molecule has 2 aromatic heterocycles. The molecule has 2 aromatic rings. The lowest BCUT2D eigenvalue weighted by Crippen LogP contribution is -2.38. The highest BCUT2D eigenvalue weighted by Gasteiger charge is 2.29. The van der Waals surface area contributed by atoms with E-state index in [4.69, 9.17) is 11.6 Å². The van der Waals surface area contributed by atoms with Crippen LogP contribution in [0.3, 0.4) is 0 Å². The average molecular weight is 454 g/mol. The molecule has 0 bridgehead atoms. The molecule has 1 amide bonds. The number of halogens is 5. The molecule has 0 atom stereocenters. The van der Waals surface area contributed by atoms with Crippen molar-refractivity contribution >= 4 is 40.7 Å². The van der Waals surface area contributed by atoms with Gasteiger partial charge in [-0.15, -0.1) is 11.8 Å². The molecule has 2 heterocycles. The molecule has 0 aliphatic carbocycles. The zero-order chi connectivity index (χ0) is 21.6. The lowest BCUT2D eigenvalue weighted by Gasteiger charge is -2.20. The fraction of sp³-hybridized carbons (Fsp3) is 0.375. The summed E-state index contributed by atoms with van der Waals surface area (Å²) in [6.45, 7) is 1.76. The third kappa shape index (κ3) is 6.32. The average Bonchev–Trinajstić information content (AvgIpc) is 3.02. The zero-order valence-electron chi connectivity index (χ0n) is 15.3. The third-order valence-electron chi connectivity index (χ3n) is 3.41. The van der Waals surface area contributed by atoms with Gasteiger partial charge in [0.2, 0.25) is 0 Å². The molecule has 0 saturated heterocycles. The summed E-state index contributed by atoms with van der Waals surface area (Å²) in [7, 11) is 1.18. The summed E-state index contributed by atoms with van der Waals surface area (Å²) in [5, 5.41) is 7.52. The van der Waals surface area contributed by atoms with E-state index < -0.39 is 23.7 Å². The highest BCUT2D eigenvalue weighted by Crippen LogP contribution is 2.27. The van der Waals surface area contributed by atoms with Crippen molar-refractivity contribution in [1.82, 2.24) is 14.8 Å². The van der Waals surface area contributed by atoms with Gasteiger partial charge in [-0.1, -0.05) is 16.8 Å². The minimum absolute atomic E-state index is 0.0656. The van der Waals surface area contributed by atoms with Crippen LogP contribution < -0.4 is 4.90 Å². The van der Waals surface area contributed by atoms with Crippen LogP contribution in [-0.4, -0.2) is 57.7 Å². The largest absolute Gasteiger partial charge is 0.399 e. The second-order valence-corrected chi connectivity index (χ2v) is 6.83. The number of rotatable bonds is 8. The molecule has 0 aliphatic rings. The molecular weight excluding hydrogens is 438 g/mol. The van der Waals surface area contributed by atoms with Gasteiger partial charge in [0, 0.05) is 18.4 Å². The molecule has 2 rings (SSSR count). The first-order chi connectivity index (χ1) is 13.7. The molecule has 0 unspecified atom stereocenters. The van der Waals surface area contributed by atoms with Gasteiger partial charge in [0.15, 0.2) is 10.9 Å². The number of thioether (sulfide) groups is 1. The van der Waals surface area contributed by atoms with Crippen LogP contribution in [0.25, 0.3) is 5.69 Å². The van der Waals surface area contributed by atoms with E-state index in [2.05, 4.69) is 20.1 Å². The summed E-state index contributed by atoms with van der Waals surface area (Å²) in [6, 6.07) is 1.17. The highest BCUT2D eigenvalue weighted by atomic mass is 35.5. The Morgan fingerprint density at radius 1 is 1.41 bits per heavy atom. The molecule has 0 saturated carbocycles. The van der Waals surface area contributed by atoms with E-state index in [1.165, 1.54) is 35.2 Å². The van der Waals surface area contributed by atoms with Crippen LogP contribution in [0.5, 0.6) is 0 Å². The van der Waals surface area contributed by atoms with Crippen LogP contribution >= 0.6 is 23.4 Å². The van der Waals surface area contributed by atoms with Crippen molar-refractivity contribution in [3.63, 3.8) is 0 Å². The summed E-state index contributed by atoms with van der Waals surface area (Å²) in [6.07, 6.45) is -0.628. The first kappa shape index (κ1) is 22.9. The number of carbonyl (C=O) groups is 1. The monoisotopic (exact) mass is 453 g/mol. The summed E-state index contributed by atoms with van der Waals surface area (Å²) in [5.41, 5.74) is 0.223. The number of carbonyl (C=O) groups excluding carboxylic acids is 1. The van der Waals surface area contributed by atoms with Gasteiger partial charge < -0.3 is 9.74 Å². The van der Waals surface area contributed by atoms with E-state index in [0.29, 0.717) is 11.8 Å². The molecule has 0 fully saturated rings. The van der Waals surface area contributed by atoms with Gasteiger partial charge in [0.1, 0.15) is 18.6 Å². The topological polar surface area (TPSA) is 72.6 Å². The second kappa shape index (κ2) is 9.92. The quantitative estimate of drug-likeness (QED) is 0.346. The Balaban J connectivity index is 2.26. The van der Waals surface area contributed by atoms with E-state index in [0.717, 1.165) is 6.20 Å². The Morgan fingerprint density at radius 3 is 2.72 bits per heavy atom. The molecule has 7 nitrogen and oxygen atoms in total. The van der Waals surface area contributed by atoms with E-state index >= 15 is 0 Å². The number of aromatic nitrogens is 3. The molecule has 0 N–H and O–H groups in total. The van der Waals surface area contributed by atoms with Crippen LogP contribution in [0.4, 0.5) is 23.2 Å². The molecule has 0 radical (unpaired) electrons. The number of oxime groups is 1. The zero-order valence-corrected chi connectivity index (χ0v) is 16.9. The third-order valence-corrected chi connectivity index (χ3v) is 4.69. The predicted octanol–water partition coefficient (Wildman–Crippen LogP) is 3.71. The Hall–Kier alpha value is -2.34. The van der Waals surface area contributed by atoms with Crippen molar-refractivity contribution in [2.24, 2.45) is 5.16 Å². The molecule has 0 aromatic carbocycles. The molecule has 29 heavy (non-hydrogen) atoms. The van der Waals surface area contributed by atoms with Gasteiger partial charge in [-0.3, -0.25) is 9.78 Å². The number of nitrogens with zero attached hydrogens (tertiary/aromatic N) is 5. The molecule has 158 valence electrons. The summed E-state index contributed by atoms with van der Waals surface area (Å²) in [4.78, 5) is 22.3. The van der Waals surface area contributed by atoms with Crippen molar-refractivity contribution in [3.05, 3.63) is 35.6 Å². The van der Waals surface area contributed by atoms with Gasteiger partial charge >= 0.3 is 6.18 Å². The Bertz CT molecular complexity index is 890.